The van der Waals surface area contributed by atoms with E-state index in [0.717, 1.165) is 32.2 Å². The number of rotatable bonds is 5. The van der Waals surface area contributed by atoms with Gasteiger partial charge in [0.15, 0.2) is 0 Å². The highest BCUT2D eigenvalue weighted by Gasteiger charge is 2.30. The molecule has 0 radical (unpaired) electrons. The molecule has 24 heavy (non-hydrogen) atoms. The molecule has 132 valence electrons. The van der Waals surface area contributed by atoms with Crippen LogP contribution in [0.4, 0.5) is 0 Å². The number of hydrogen-bond donors (Lipinski definition) is 2. The Balaban J connectivity index is 0.00000208. The lowest BCUT2D eigenvalue weighted by Gasteiger charge is -2.27. The van der Waals surface area contributed by atoms with Crippen LogP contribution in [0.25, 0.3) is 0 Å². The number of hydrogen-bond acceptors (Lipinski definition) is 3. The van der Waals surface area contributed by atoms with Gasteiger partial charge in [0.2, 0.25) is 5.91 Å². The van der Waals surface area contributed by atoms with Crippen molar-refractivity contribution in [1.82, 2.24) is 10.2 Å². The number of aryl methyl sites for hydroxylation is 1. The van der Waals surface area contributed by atoms with Gasteiger partial charge in [0, 0.05) is 13.0 Å². The zero-order valence-electron chi connectivity index (χ0n) is 13.7. The van der Waals surface area contributed by atoms with Gasteiger partial charge in [-0.1, -0.05) is 24.3 Å². The molecule has 2 unspecified atom stereocenters. The van der Waals surface area contributed by atoms with Crippen LogP contribution in [0.15, 0.2) is 24.3 Å². The molecule has 0 bridgehead atoms. The van der Waals surface area contributed by atoms with Crippen molar-refractivity contribution in [3.05, 3.63) is 35.4 Å². The lowest BCUT2D eigenvalue weighted by atomic mass is 9.87. The van der Waals surface area contributed by atoms with Crippen molar-refractivity contribution in [2.24, 2.45) is 0 Å². The molecular weight excluding hydrogens is 328 g/mol. The molecule has 0 aromatic heterocycles. The molecule has 0 spiro atoms. The number of carbonyl (C=O) groups excluding carboxylic acids is 1. The summed E-state index contributed by atoms with van der Waals surface area (Å²) in [7, 11) is 0. The monoisotopic (exact) mass is 352 g/mol. The summed E-state index contributed by atoms with van der Waals surface area (Å²) in [6, 6.07) is 7.97. The van der Waals surface area contributed by atoms with Crippen molar-refractivity contribution in [3.8, 4) is 0 Å². The van der Waals surface area contributed by atoms with Crippen LogP contribution in [0.2, 0.25) is 0 Å². The second-order valence-corrected chi connectivity index (χ2v) is 6.49. The number of benzene rings is 1. The third kappa shape index (κ3) is 4.28. The lowest BCUT2D eigenvalue weighted by molar-refractivity contribution is -0.142. The van der Waals surface area contributed by atoms with Gasteiger partial charge in [-0.05, 0) is 49.8 Å². The smallest absolute Gasteiger partial charge is 0.320 e. The Morgan fingerprint density at radius 1 is 1.21 bits per heavy atom. The molecule has 2 aliphatic rings. The van der Waals surface area contributed by atoms with Crippen LogP contribution in [0, 0.1) is 0 Å². The van der Waals surface area contributed by atoms with Crippen LogP contribution < -0.4 is 5.32 Å². The normalized spacial score (nSPS) is 23.2. The van der Waals surface area contributed by atoms with E-state index in [1.54, 1.807) is 0 Å². The summed E-state index contributed by atoms with van der Waals surface area (Å²) in [5.41, 5.74) is 2.56. The molecule has 1 heterocycles. The minimum atomic E-state index is -0.774. The van der Waals surface area contributed by atoms with Crippen LogP contribution >= 0.6 is 12.4 Å². The first-order valence-corrected chi connectivity index (χ1v) is 8.49. The molecule has 1 amide bonds. The number of nitrogens with zero attached hydrogens (tertiary/aromatic N) is 1. The Morgan fingerprint density at radius 2 is 2.00 bits per heavy atom. The third-order valence-electron chi connectivity index (χ3n) is 4.98. The quantitative estimate of drug-likeness (QED) is 0.854. The summed E-state index contributed by atoms with van der Waals surface area (Å²) in [4.78, 5) is 25.4. The minimum Gasteiger partial charge on any atom is -0.480 e. The van der Waals surface area contributed by atoms with Gasteiger partial charge in [0.1, 0.15) is 6.04 Å². The van der Waals surface area contributed by atoms with Crippen molar-refractivity contribution in [2.75, 3.05) is 13.1 Å². The SMILES string of the molecule is Cl.O=C(CCN1CCCC1C(=O)O)NC1CCCc2ccccc21. The first-order chi connectivity index (χ1) is 11.1. The Kier molecular flexibility index (Phi) is 6.63. The van der Waals surface area contributed by atoms with Crippen molar-refractivity contribution >= 4 is 24.3 Å². The number of aliphatic carboxylic acids is 1. The van der Waals surface area contributed by atoms with Gasteiger partial charge < -0.3 is 10.4 Å². The Labute approximate surface area is 148 Å². The van der Waals surface area contributed by atoms with Crippen LogP contribution in [0.3, 0.4) is 0 Å². The maximum Gasteiger partial charge on any atom is 0.320 e. The van der Waals surface area contributed by atoms with E-state index in [2.05, 4.69) is 17.4 Å². The summed E-state index contributed by atoms with van der Waals surface area (Å²) in [6.07, 6.45) is 5.10. The lowest BCUT2D eigenvalue weighted by Crippen LogP contribution is -2.39. The average molecular weight is 353 g/mol. The maximum absolute atomic E-state index is 12.3. The van der Waals surface area contributed by atoms with Crippen molar-refractivity contribution in [2.45, 2.75) is 50.6 Å². The van der Waals surface area contributed by atoms with Gasteiger partial charge in [-0.3, -0.25) is 14.5 Å². The maximum atomic E-state index is 12.3. The van der Waals surface area contributed by atoms with Crippen LogP contribution in [0.1, 0.15) is 49.3 Å². The first-order valence-electron chi connectivity index (χ1n) is 8.49. The third-order valence-corrected chi connectivity index (χ3v) is 4.98. The van der Waals surface area contributed by atoms with Crippen molar-refractivity contribution in [3.63, 3.8) is 0 Å². The minimum absolute atomic E-state index is 0. The Morgan fingerprint density at radius 3 is 2.79 bits per heavy atom. The highest BCUT2D eigenvalue weighted by atomic mass is 35.5. The number of fused-ring (bicyclic) bond motifs is 1. The molecule has 1 fully saturated rings. The van der Waals surface area contributed by atoms with Crippen molar-refractivity contribution in [1.29, 1.82) is 0 Å². The predicted molar refractivity (Wildman–Crippen MR) is 94.4 cm³/mol. The zero-order chi connectivity index (χ0) is 16.2. The molecule has 0 saturated carbocycles. The second-order valence-electron chi connectivity index (χ2n) is 6.49. The van der Waals surface area contributed by atoms with Gasteiger partial charge in [0.25, 0.3) is 0 Å². The zero-order valence-corrected chi connectivity index (χ0v) is 14.6. The van der Waals surface area contributed by atoms with E-state index in [-0.39, 0.29) is 24.4 Å². The summed E-state index contributed by atoms with van der Waals surface area (Å²) in [5, 5.41) is 12.3. The molecule has 1 aromatic rings. The number of carboxylic acid groups (broad SMARTS) is 1. The topological polar surface area (TPSA) is 69.6 Å². The van der Waals surface area contributed by atoms with E-state index >= 15 is 0 Å². The standard InChI is InChI=1S/C18H24N2O3.ClH/c21-17(10-12-20-11-4-9-16(20)18(22)23)19-15-8-3-6-13-5-1-2-7-14(13)15;/h1-2,5,7,15-16H,3-4,6,8-12H2,(H,19,21)(H,22,23);1H. The fourth-order valence-electron chi connectivity index (χ4n) is 3.79. The summed E-state index contributed by atoms with van der Waals surface area (Å²) >= 11 is 0. The van der Waals surface area contributed by atoms with E-state index in [1.165, 1.54) is 11.1 Å². The molecule has 1 aromatic carbocycles. The number of likely N-dealkylation sites (tertiary alicyclic amines) is 1. The Hall–Kier alpha value is -1.59. The number of carboxylic acids is 1. The van der Waals surface area contributed by atoms with E-state index in [4.69, 9.17) is 0 Å². The number of amides is 1. The molecule has 3 rings (SSSR count). The van der Waals surface area contributed by atoms with E-state index < -0.39 is 12.0 Å². The molecule has 5 nitrogen and oxygen atoms in total. The molecular formula is C18H25ClN2O3. The summed E-state index contributed by atoms with van der Waals surface area (Å²) in [5.74, 6) is -0.758. The summed E-state index contributed by atoms with van der Waals surface area (Å²) in [6.45, 7) is 1.30. The number of halogens is 1. The molecule has 2 atom stereocenters. The van der Waals surface area contributed by atoms with E-state index in [9.17, 15) is 14.7 Å². The van der Waals surface area contributed by atoms with E-state index in [0.29, 0.717) is 19.4 Å². The number of nitrogens with one attached hydrogen (secondary N) is 1. The average Bonchev–Trinajstić information content (AvgIpc) is 3.02. The highest BCUT2D eigenvalue weighted by Crippen LogP contribution is 2.29. The van der Waals surface area contributed by atoms with Gasteiger partial charge in [0.05, 0.1) is 6.04 Å². The Bertz CT molecular complexity index is 593. The fraction of sp³-hybridized carbons (Fsp3) is 0.556. The second kappa shape index (κ2) is 8.49. The highest BCUT2D eigenvalue weighted by molar-refractivity contribution is 5.85. The van der Waals surface area contributed by atoms with Crippen molar-refractivity contribution < 1.29 is 14.7 Å². The summed E-state index contributed by atoms with van der Waals surface area (Å²) < 4.78 is 0. The van der Waals surface area contributed by atoms with Gasteiger partial charge >= 0.3 is 5.97 Å². The van der Waals surface area contributed by atoms with Crippen LogP contribution in [0.5, 0.6) is 0 Å². The molecule has 2 N–H and O–H groups in total. The van der Waals surface area contributed by atoms with Gasteiger partial charge in [-0.15, -0.1) is 12.4 Å². The molecule has 6 heteroatoms. The van der Waals surface area contributed by atoms with Gasteiger partial charge in [-0.25, -0.2) is 0 Å². The molecule has 1 aliphatic carbocycles. The van der Waals surface area contributed by atoms with Crippen LogP contribution in [-0.2, 0) is 16.0 Å². The first kappa shape index (κ1) is 18.7. The number of carbonyl (C=O) groups is 2. The fourth-order valence-corrected chi connectivity index (χ4v) is 3.79. The molecule has 1 saturated heterocycles. The molecule has 1 aliphatic heterocycles. The largest absolute Gasteiger partial charge is 0.480 e. The van der Waals surface area contributed by atoms with Gasteiger partial charge in [-0.2, -0.15) is 0 Å². The van der Waals surface area contributed by atoms with E-state index in [1.807, 2.05) is 17.0 Å². The van der Waals surface area contributed by atoms with Crippen LogP contribution in [-0.4, -0.2) is 41.0 Å². The predicted octanol–water partition coefficient (Wildman–Crippen LogP) is 2.54.